The minimum atomic E-state index is -0.985. The van der Waals surface area contributed by atoms with Gasteiger partial charge in [0.2, 0.25) is 0 Å². The number of carboxylic acid groups (broad SMARTS) is 1. The molecule has 0 amide bonds. The summed E-state index contributed by atoms with van der Waals surface area (Å²) in [6.45, 7) is 1.88. The summed E-state index contributed by atoms with van der Waals surface area (Å²) in [4.78, 5) is 14.9. The lowest BCUT2D eigenvalue weighted by atomic mass is 10.0. The number of benzene rings is 1. The second kappa shape index (κ2) is 4.55. The molecule has 0 saturated heterocycles. The third kappa shape index (κ3) is 2.29. The van der Waals surface area contributed by atoms with Crippen molar-refractivity contribution < 1.29 is 9.90 Å². The molecule has 1 aromatic heterocycles. The predicted octanol–water partition coefficient (Wildman–Crippen LogP) is 3.41. The first-order valence-electron chi connectivity index (χ1n) is 5.03. The molecule has 0 aliphatic rings. The van der Waals surface area contributed by atoms with Crippen LogP contribution in [-0.4, -0.2) is 16.1 Å². The summed E-state index contributed by atoms with van der Waals surface area (Å²) in [5.41, 5.74) is 2.57. The molecular formula is C13H10ClNO2. The maximum absolute atomic E-state index is 11.1. The molecule has 3 nitrogen and oxygen atoms in total. The molecule has 4 heteroatoms. The Bertz CT molecular complexity index is 581. The summed E-state index contributed by atoms with van der Waals surface area (Å²) in [5.74, 6) is -0.985. The summed E-state index contributed by atoms with van der Waals surface area (Å²) in [7, 11) is 0. The molecule has 0 saturated carbocycles. The minimum Gasteiger partial charge on any atom is -0.478 e. The lowest BCUT2D eigenvalue weighted by Gasteiger charge is -2.07. The average molecular weight is 248 g/mol. The Morgan fingerprint density at radius 2 is 2.12 bits per heavy atom. The predicted molar refractivity (Wildman–Crippen MR) is 66.4 cm³/mol. The third-order valence-corrected chi connectivity index (χ3v) is 2.94. The molecule has 0 bridgehead atoms. The summed E-state index contributed by atoms with van der Waals surface area (Å²) in [6, 6.07) is 7.12. The van der Waals surface area contributed by atoms with Gasteiger partial charge in [-0.05, 0) is 41.8 Å². The van der Waals surface area contributed by atoms with E-state index >= 15 is 0 Å². The van der Waals surface area contributed by atoms with E-state index in [1.807, 2.05) is 13.0 Å². The van der Waals surface area contributed by atoms with Crippen molar-refractivity contribution in [2.75, 3.05) is 0 Å². The monoisotopic (exact) mass is 247 g/mol. The average Bonchev–Trinajstić information content (AvgIpc) is 2.32. The van der Waals surface area contributed by atoms with Crippen molar-refractivity contribution in [3.05, 3.63) is 52.8 Å². The standard InChI is InChI=1S/C13H10ClNO2/c1-8-6-9(2-3-12(8)14)10-4-5-15-7-11(10)13(16)17/h2-7H,1H3,(H,16,17). The van der Waals surface area contributed by atoms with E-state index in [4.69, 9.17) is 16.7 Å². The van der Waals surface area contributed by atoms with E-state index in [0.717, 1.165) is 11.1 Å². The maximum atomic E-state index is 11.1. The largest absolute Gasteiger partial charge is 0.478 e. The van der Waals surface area contributed by atoms with Crippen LogP contribution in [0.25, 0.3) is 11.1 Å². The topological polar surface area (TPSA) is 50.2 Å². The summed E-state index contributed by atoms with van der Waals surface area (Å²) < 4.78 is 0. The number of aromatic nitrogens is 1. The van der Waals surface area contributed by atoms with Gasteiger partial charge in [0.1, 0.15) is 0 Å². The quantitative estimate of drug-likeness (QED) is 0.885. The molecule has 0 aliphatic heterocycles. The number of nitrogens with zero attached hydrogens (tertiary/aromatic N) is 1. The van der Waals surface area contributed by atoms with Crippen LogP contribution in [0, 0.1) is 6.92 Å². The van der Waals surface area contributed by atoms with E-state index < -0.39 is 5.97 Å². The molecule has 0 aliphatic carbocycles. The van der Waals surface area contributed by atoms with E-state index in [9.17, 15) is 4.79 Å². The van der Waals surface area contributed by atoms with Crippen LogP contribution in [0.15, 0.2) is 36.7 Å². The van der Waals surface area contributed by atoms with Crippen molar-refractivity contribution in [2.24, 2.45) is 0 Å². The van der Waals surface area contributed by atoms with Crippen molar-refractivity contribution >= 4 is 17.6 Å². The van der Waals surface area contributed by atoms with Crippen LogP contribution in [0.1, 0.15) is 15.9 Å². The molecule has 0 radical (unpaired) electrons. The Labute approximate surface area is 104 Å². The zero-order valence-electron chi connectivity index (χ0n) is 9.14. The molecule has 0 fully saturated rings. The number of aryl methyl sites for hydroxylation is 1. The Balaban J connectivity index is 2.60. The Morgan fingerprint density at radius 1 is 1.35 bits per heavy atom. The van der Waals surface area contributed by atoms with Gasteiger partial charge in [-0.15, -0.1) is 0 Å². The van der Waals surface area contributed by atoms with Crippen molar-refractivity contribution in [1.82, 2.24) is 4.98 Å². The van der Waals surface area contributed by atoms with Crippen molar-refractivity contribution in [3.8, 4) is 11.1 Å². The van der Waals surface area contributed by atoms with E-state index in [1.165, 1.54) is 6.20 Å². The van der Waals surface area contributed by atoms with Gasteiger partial charge in [0.05, 0.1) is 5.56 Å². The fourth-order valence-electron chi connectivity index (χ4n) is 1.63. The molecule has 0 unspecified atom stereocenters. The number of hydrogen-bond acceptors (Lipinski definition) is 2. The first-order valence-corrected chi connectivity index (χ1v) is 5.41. The number of carboxylic acids is 1. The van der Waals surface area contributed by atoms with E-state index in [0.29, 0.717) is 10.6 Å². The lowest BCUT2D eigenvalue weighted by molar-refractivity contribution is 0.0697. The summed E-state index contributed by atoms with van der Waals surface area (Å²) in [5, 5.41) is 9.75. The molecule has 1 N–H and O–H groups in total. The van der Waals surface area contributed by atoms with Crippen molar-refractivity contribution in [1.29, 1.82) is 0 Å². The number of rotatable bonds is 2. The smallest absolute Gasteiger partial charge is 0.337 e. The molecule has 2 aromatic rings. The lowest BCUT2D eigenvalue weighted by Crippen LogP contribution is -2.00. The van der Waals surface area contributed by atoms with Crippen LogP contribution < -0.4 is 0 Å². The van der Waals surface area contributed by atoms with Crippen LogP contribution in [0.4, 0.5) is 0 Å². The SMILES string of the molecule is Cc1cc(-c2ccncc2C(=O)O)ccc1Cl. The Kier molecular flexibility index (Phi) is 3.11. The Hall–Kier alpha value is -1.87. The molecular weight excluding hydrogens is 238 g/mol. The van der Waals surface area contributed by atoms with Gasteiger partial charge in [-0.2, -0.15) is 0 Å². The van der Waals surface area contributed by atoms with Crippen molar-refractivity contribution in [3.63, 3.8) is 0 Å². The van der Waals surface area contributed by atoms with Crippen molar-refractivity contribution in [2.45, 2.75) is 6.92 Å². The number of hydrogen-bond donors (Lipinski definition) is 1. The third-order valence-electron chi connectivity index (χ3n) is 2.52. The zero-order valence-corrected chi connectivity index (χ0v) is 9.90. The molecule has 0 spiro atoms. The van der Waals surface area contributed by atoms with Crippen LogP contribution in [0.3, 0.4) is 0 Å². The molecule has 1 aromatic carbocycles. The summed E-state index contributed by atoms with van der Waals surface area (Å²) in [6.07, 6.45) is 2.92. The molecule has 1 heterocycles. The zero-order chi connectivity index (χ0) is 12.4. The van der Waals surface area contributed by atoms with Gasteiger partial charge in [-0.3, -0.25) is 4.98 Å². The number of carbonyl (C=O) groups is 1. The minimum absolute atomic E-state index is 0.189. The van der Waals surface area contributed by atoms with Crippen LogP contribution >= 0.6 is 11.6 Å². The fraction of sp³-hybridized carbons (Fsp3) is 0.0769. The first kappa shape index (κ1) is 11.6. The highest BCUT2D eigenvalue weighted by Gasteiger charge is 2.11. The molecule has 86 valence electrons. The van der Waals surface area contributed by atoms with Gasteiger partial charge in [0.15, 0.2) is 0 Å². The second-order valence-electron chi connectivity index (χ2n) is 3.69. The van der Waals surface area contributed by atoms with Gasteiger partial charge >= 0.3 is 5.97 Å². The number of halogens is 1. The number of aromatic carboxylic acids is 1. The van der Waals surface area contributed by atoms with Crippen LogP contribution in [-0.2, 0) is 0 Å². The Morgan fingerprint density at radius 3 is 2.76 bits per heavy atom. The highest BCUT2D eigenvalue weighted by atomic mass is 35.5. The van der Waals surface area contributed by atoms with Gasteiger partial charge in [0.25, 0.3) is 0 Å². The van der Waals surface area contributed by atoms with Gasteiger partial charge < -0.3 is 5.11 Å². The van der Waals surface area contributed by atoms with Gasteiger partial charge in [-0.25, -0.2) is 4.79 Å². The van der Waals surface area contributed by atoms with E-state index in [1.54, 1.807) is 24.4 Å². The first-order chi connectivity index (χ1) is 8.09. The maximum Gasteiger partial charge on any atom is 0.337 e. The normalized spacial score (nSPS) is 10.2. The summed E-state index contributed by atoms with van der Waals surface area (Å²) >= 11 is 5.94. The second-order valence-corrected chi connectivity index (χ2v) is 4.10. The van der Waals surface area contributed by atoms with Crippen LogP contribution in [0.5, 0.6) is 0 Å². The highest BCUT2D eigenvalue weighted by Crippen LogP contribution is 2.26. The van der Waals surface area contributed by atoms with Gasteiger partial charge in [0, 0.05) is 17.4 Å². The molecule has 0 atom stereocenters. The van der Waals surface area contributed by atoms with Gasteiger partial charge in [-0.1, -0.05) is 17.7 Å². The van der Waals surface area contributed by atoms with E-state index in [-0.39, 0.29) is 5.56 Å². The molecule has 2 rings (SSSR count). The fourth-order valence-corrected chi connectivity index (χ4v) is 1.75. The van der Waals surface area contributed by atoms with E-state index in [2.05, 4.69) is 4.98 Å². The number of pyridine rings is 1. The molecule has 17 heavy (non-hydrogen) atoms. The highest BCUT2D eigenvalue weighted by molar-refractivity contribution is 6.31. The van der Waals surface area contributed by atoms with Crippen LogP contribution in [0.2, 0.25) is 5.02 Å².